The van der Waals surface area contributed by atoms with E-state index >= 15 is 0 Å². The molecule has 20 heavy (non-hydrogen) atoms. The number of nitrogens with zero attached hydrogens (tertiary/aromatic N) is 1. The van der Waals surface area contributed by atoms with Gasteiger partial charge in [0.25, 0.3) is 0 Å². The van der Waals surface area contributed by atoms with E-state index in [9.17, 15) is 10.0 Å². The Hall–Kier alpha value is -1.55. The van der Waals surface area contributed by atoms with E-state index in [1.54, 1.807) is 0 Å². The van der Waals surface area contributed by atoms with E-state index < -0.39 is 0 Å². The fraction of sp³-hybridized carbons (Fsp3) is 0.562. The summed E-state index contributed by atoms with van der Waals surface area (Å²) in [5, 5.41) is 10.7. The molecule has 4 nitrogen and oxygen atoms in total. The molecule has 0 aliphatic heterocycles. The minimum absolute atomic E-state index is 0.121. The first kappa shape index (κ1) is 16.5. The van der Waals surface area contributed by atoms with Crippen LogP contribution in [0.25, 0.3) is 0 Å². The van der Waals surface area contributed by atoms with Gasteiger partial charge in [0.15, 0.2) is 0 Å². The molecular weight excluding hydrogens is 254 g/mol. The summed E-state index contributed by atoms with van der Waals surface area (Å²) in [7, 11) is 0. The molecule has 0 bridgehead atoms. The van der Waals surface area contributed by atoms with E-state index in [0.717, 1.165) is 29.2 Å². The van der Waals surface area contributed by atoms with Crippen molar-refractivity contribution in [1.29, 1.82) is 0 Å². The van der Waals surface area contributed by atoms with E-state index in [1.165, 1.54) is 6.92 Å². The molecule has 0 aromatic heterocycles. The fourth-order valence-corrected chi connectivity index (χ4v) is 2.10. The van der Waals surface area contributed by atoms with Gasteiger partial charge in [-0.3, -0.25) is 10.0 Å². The monoisotopic (exact) mass is 279 g/mol. The van der Waals surface area contributed by atoms with Crippen LogP contribution in [0.3, 0.4) is 0 Å². The summed E-state index contributed by atoms with van der Waals surface area (Å²) in [5.41, 5.74) is 0.903. The predicted molar refractivity (Wildman–Crippen MR) is 78.7 cm³/mol. The summed E-state index contributed by atoms with van der Waals surface area (Å²) in [6.07, 6.45) is 2.14. The van der Waals surface area contributed by atoms with Crippen molar-refractivity contribution in [2.45, 2.75) is 46.6 Å². The Morgan fingerprint density at radius 3 is 2.35 bits per heavy atom. The van der Waals surface area contributed by atoms with Crippen LogP contribution in [0, 0.1) is 5.92 Å². The number of unbranched alkanes of at least 4 members (excludes halogenated alkanes) is 1. The van der Waals surface area contributed by atoms with Gasteiger partial charge in [0.05, 0.1) is 12.6 Å². The van der Waals surface area contributed by atoms with Gasteiger partial charge in [0.1, 0.15) is 5.75 Å². The highest BCUT2D eigenvalue weighted by Gasteiger charge is 2.24. The first-order valence-corrected chi connectivity index (χ1v) is 7.18. The van der Waals surface area contributed by atoms with Crippen LogP contribution in [0.15, 0.2) is 24.3 Å². The van der Waals surface area contributed by atoms with Crippen LogP contribution in [0.2, 0.25) is 0 Å². The second-order valence-electron chi connectivity index (χ2n) is 5.32. The third kappa shape index (κ3) is 4.53. The van der Waals surface area contributed by atoms with Crippen LogP contribution in [0.1, 0.15) is 52.1 Å². The Kier molecular flexibility index (Phi) is 6.52. The van der Waals surface area contributed by atoms with Crippen molar-refractivity contribution in [2.24, 2.45) is 5.92 Å². The van der Waals surface area contributed by atoms with Gasteiger partial charge < -0.3 is 4.74 Å². The molecule has 0 spiro atoms. The number of carbonyl (C=O) groups is 1. The molecule has 0 aliphatic rings. The molecule has 1 N–H and O–H groups in total. The SMILES string of the molecule is CCCCOc1ccc(C(C(C)C)N(O)C(C)=O)cc1. The number of hydroxylamine groups is 2. The van der Waals surface area contributed by atoms with Crippen molar-refractivity contribution < 1.29 is 14.7 Å². The van der Waals surface area contributed by atoms with Crippen LogP contribution < -0.4 is 4.74 Å². The maximum absolute atomic E-state index is 11.4. The summed E-state index contributed by atoms with van der Waals surface area (Å²) < 4.78 is 5.61. The molecule has 0 saturated heterocycles. The smallest absolute Gasteiger partial charge is 0.243 e. The van der Waals surface area contributed by atoms with Gasteiger partial charge in [0.2, 0.25) is 5.91 Å². The molecule has 4 heteroatoms. The minimum atomic E-state index is -0.355. The van der Waals surface area contributed by atoms with Gasteiger partial charge in [-0.1, -0.05) is 39.3 Å². The Labute approximate surface area is 121 Å². The van der Waals surface area contributed by atoms with Gasteiger partial charge in [0, 0.05) is 6.92 Å². The van der Waals surface area contributed by atoms with Crippen molar-refractivity contribution in [3.8, 4) is 5.75 Å². The molecule has 112 valence electrons. The molecule has 1 amide bonds. The summed E-state index contributed by atoms with van der Waals surface area (Å²) in [4.78, 5) is 11.4. The molecule has 0 radical (unpaired) electrons. The normalized spacial score (nSPS) is 12.3. The zero-order valence-corrected chi connectivity index (χ0v) is 12.8. The van der Waals surface area contributed by atoms with Crippen molar-refractivity contribution in [2.75, 3.05) is 6.61 Å². The minimum Gasteiger partial charge on any atom is -0.494 e. The quantitative estimate of drug-likeness (QED) is 0.469. The van der Waals surface area contributed by atoms with Crippen molar-refractivity contribution in [3.63, 3.8) is 0 Å². The van der Waals surface area contributed by atoms with Gasteiger partial charge in [-0.15, -0.1) is 0 Å². The average molecular weight is 279 g/mol. The topological polar surface area (TPSA) is 49.8 Å². The zero-order chi connectivity index (χ0) is 15.1. The standard InChI is InChI=1S/C16H25NO3/c1-5-6-11-20-15-9-7-14(8-10-15)16(12(2)3)17(19)13(4)18/h7-10,12,16,19H,5-6,11H2,1-4H3. The van der Waals surface area contributed by atoms with Crippen LogP contribution in [-0.4, -0.2) is 22.8 Å². The lowest BCUT2D eigenvalue weighted by Gasteiger charge is -2.28. The van der Waals surface area contributed by atoms with Gasteiger partial charge in [-0.25, -0.2) is 5.06 Å². The van der Waals surface area contributed by atoms with E-state index in [4.69, 9.17) is 4.74 Å². The number of carbonyl (C=O) groups excluding carboxylic acids is 1. The zero-order valence-electron chi connectivity index (χ0n) is 12.8. The van der Waals surface area contributed by atoms with Crippen LogP contribution in [-0.2, 0) is 4.79 Å². The van der Waals surface area contributed by atoms with E-state index in [-0.39, 0.29) is 17.9 Å². The summed E-state index contributed by atoms with van der Waals surface area (Å²) in [5.74, 6) is 0.583. The first-order valence-electron chi connectivity index (χ1n) is 7.18. The average Bonchev–Trinajstić information content (AvgIpc) is 2.40. The van der Waals surface area contributed by atoms with Crippen molar-refractivity contribution in [1.82, 2.24) is 5.06 Å². The largest absolute Gasteiger partial charge is 0.494 e. The van der Waals surface area contributed by atoms with Crippen LogP contribution >= 0.6 is 0 Å². The molecular formula is C16H25NO3. The van der Waals surface area contributed by atoms with Gasteiger partial charge >= 0.3 is 0 Å². The Morgan fingerprint density at radius 2 is 1.90 bits per heavy atom. The summed E-state index contributed by atoms with van der Waals surface area (Å²) in [6.45, 7) is 8.14. The lowest BCUT2D eigenvalue weighted by atomic mass is 9.95. The maximum atomic E-state index is 11.4. The molecule has 1 unspecified atom stereocenters. The third-order valence-corrected chi connectivity index (χ3v) is 3.21. The molecule has 0 heterocycles. The lowest BCUT2D eigenvalue weighted by molar-refractivity contribution is -0.178. The molecule has 1 atom stereocenters. The first-order chi connectivity index (χ1) is 9.47. The summed E-state index contributed by atoms with van der Waals surface area (Å²) in [6, 6.07) is 7.23. The van der Waals surface area contributed by atoms with Gasteiger partial charge in [-0.2, -0.15) is 0 Å². The highest BCUT2D eigenvalue weighted by atomic mass is 16.5. The number of benzene rings is 1. The molecule has 1 rings (SSSR count). The van der Waals surface area contributed by atoms with Crippen LogP contribution in [0.4, 0.5) is 0 Å². The molecule has 0 fully saturated rings. The summed E-state index contributed by atoms with van der Waals surface area (Å²) >= 11 is 0. The number of rotatable bonds is 7. The fourth-order valence-electron chi connectivity index (χ4n) is 2.10. The lowest BCUT2D eigenvalue weighted by Crippen LogP contribution is -2.32. The predicted octanol–water partition coefficient (Wildman–Crippen LogP) is 3.80. The van der Waals surface area contributed by atoms with Crippen molar-refractivity contribution >= 4 is 5.91 Å². The highest BCUT2D eigenvalue weighted by molar-refractivity contribution is 5.72. The maximum Gasteiger partial charge on any atom is 0.243 e. The van der Waals surface area contributed by atoms with E-state index in [1.807, 2.05) is 38.1 Å². The number of amides is 1. The number of hydrogen-bond acceptors (Lipinski definition) is 3. The van der Waals surface area contributed by atoms with Gasteiger partial charge in [-0.05, 0) is 30.0 Å². The number of hydrogen-bond donors (Lipinski definition) is 1. The third-order valence-electron chi connectivity index (χ3n) is 3.21. The second-order valence-corrected chi connectivity index (χ2v) is 5.32. The molecule has 1 aromatic carbocycles. The molecule has 0 aliphatic carbocycles. The highest BCUT2D eigenvalue weighted by Crippen LogP contribution is 2.28. The Bertz CT molecular complexity index is 414. The van der Waals surface area contributed by atoms with E-state index in [2.05, 4.69) is 6.92 Å². The van der Waals surface area contributed by atoms with E-state index in [0.29, 0.717) is 6.61 Å². The molecule has 0 saturated carbocycles. The number of ether oxygens (including phenoxy) is 1. The Balaban J connectivity index is 2.80. The van der Waals surface area contributed by atoms with Crippen LogP contribution in [0.5, 0.6) is 5.75 Å². The second kappa shape index (κ2) is 7.90. The Morgan fingerprint density at radius 1 is 1.30 bits per heavy atom. The van der Waals surface area contributed by atoms with Crippen molar-refractivity contribution in [3.05, 3.63) is 29.8 Å². The molecule has 1 aromatic rings.